The molecule has 8 heteroatoms. The van der Waals surface area contributed by atoms with E-state index < -0.39 is 30.7 Å². The van der Waals surface area contributed by atoms with Gasteiger partial charge in [0.2, 0.25) is 5.91 Å². The van der Waals surface area contributed by atoms with Crippen molar-refractivity contribution in [2.75, 3.05) is 11.4 Å². The Kier molecular flexibility index (Phi) is 4.83. The SMILES string of the molecule is Cc1ccc(=O)n(CC(=O)N(CC(F)(F)F)c2ccccc2)n1. The van der Waals surface area contributed by atoms with Crippen molar-refractivity contribution in [3.05, 3.63) is 58.5 Å². The zero-order chi connectivity index (χ0) is 17.0. The number of para-hydroxylation sites is 1. The number of hydrogen-bond donors (Lipinski definition) is 0. The molecular formula is C15H14F3N3O2. The smallest absolute Gasteiger partial charge is 0.302 e. The van der Waals surface area contributed by atoms with Gasteiger partial charge in [-0.25, -0.2) is 4.68 Å². The molecule has 1 aromatic carbocycles. The molecule has 23 heavy (non-hydrogen) atoms. The van der Waals surface area contributed by atoms with E-state index in [1.54, 1.807) is 13.0 Å². The predicted molar refractivity (Wildman–Crippen MR) is 78.1 cm³/mol. The molecule has 0 bridgehead atoms. The molecule has 1 amide bonds. The zero-order valence-corrected chi connectivity index (χ0v) is 12.2. The molecule has 0 saturated carbocycles. The third-order valence-corrected chi connectivity index (χ3v) is 2.99. The molecule has 0 N–H and O–H groups in total. The van der Waals surface area contributed by atoms with Crippen LogP contribution in [0.25, 0.3) is 0 Å². The molecule has 2 rings (SSSR count). The summed E-state index contributed by atoms with van der Waals surface area (Å²) in [6.45, 7) is -0.382. The lowest BCUT2D eigenvalue weighted by atomic mass is 10.2. The van der Waals surface area contributed by atoms with Crippen LogP contribution in [0.1, 0.15) is 5.69 Å². The van der Waals surface area contributed by atoms with Gasteiger partial charge in [-0.3, -0.25) is 9.59 Å². The van der Waals surface area contributed by atoms with Gasteiger partial charge in [0.15, 0.2) is 0 Å². The fourth-order valence-electron chi connectivity index (χ4n) is 1.99. The van der Waals surface area contributed by atoms with Crippen LogP contribution in [0.4, 0.5) is 18.9 Å². The van der Waals surface area contributed by atoms with Crippen LogP contribution in [0.3, 0.4) is 0 Å². The Balaban J connectivity index is 2.30. The molecule has 0 saturated heterocycles. The van der Waals surface area contributed by atoms with Gasteiger partial charge in [0.1, 0.15) is 13.1 Å². The number of nitrogens with zero attached hydrogens (tertiary/aromatic N) is 3. The Morgan fingerprint density at radius 1 is 1.17 bits per heavy atom. The third kappa shape index (κ3) is 4.67. The van der Waals surface area contributed by atoms with Crippen LogP contribution in [0.15, 0.2) is 47.3 Å². The van der Waals surface area contributed by atoms with Crippen LogP contribution in [0.2, 0.25) is 0 Å². The Morgan fingerprint density at radius 3 is 2.43 bits per heavy atom. The molecule has 0 aliphatic heterocycles. The minimum absolute atomic E-state index is 0.107. The van der Waals surface area contributed by atoms with E-state index in [4.69, 9.17) is 0 Å². The molecule has 1 heterocycles. The number of hydrogen-bond acceptors (Lipinski definition) is 3. The number of amides is 1. The number of benzene rings is 1. The number of carbonyl (C=O) groups excluding carboxylic acids is 1. The van der Waals surface area contributed by atoms with E-state index in [0.29, 0.717) is 10.6 Å². The minimum atomic E-state index is -4.56. The first-order chi connectivity index (χ1) is 10.8. The van der Waals surface area contributed by atoms with Gasteiger partial charge in [-0.05, 0) is 25.1 Å². The maximum Gasteiger partial charge on any atom is 0.406 e. The summed E-state index contributed by atoms with van der Waals surface area (Å²) in [4.78, 5) is 24.5. The van der Waals surface area contributed by atoms with Crippen molar-refractivity contribution in [3.63, 3.8) is 0 Å². The van der Waals surface area contributed by atoms with E-state index in [0.717, 1.165) is 4.68 Å². The summed E-state index contributed by atoms with van der Waals surface area (Å²) in [6, 6.07) is 10.2. The summed E-state index contributed by atoms with van der Waals surface area (Å²) in [7, 11) is 0. The standard InChI is InChI=1S/C15H14F3N3O2/c1-11-7-8-13(22)21(19-11)9-14(23)20(10-15(16,17)18)12-5-3-2-4-6-12/h2-8H,9-10H2,1H3. The second kappa shape index (κ2) is 6.64. The van der Waals surface area contributed by atoms with Crippen LogP contribution < -0.4 is 10.5 Å². The highest BCUT2D eigenvalue weighted by Gasteiger charge is 2.34. The highest BCUT2D eigenvalue weighted by atomic mass is 19.4. The highest BCUT2D eigenvalue weighted by molar-refractivity contribution is 5.93. The minimum Gasteiger partial charge on any atom is -0.302 e. The largest absolute Gasteiger partial charge is 0.406 e. The van der Waals surface area contributed by atoms with Gasteiger partial charge in [0.05, 0.1) is 5.69 Å². The average Bonchev–Trinajstić information content (AvgIpc) is 2.48. The summed E-state index contributed by atoms with van der Waals surface area (Å²) in [5.41, 5.74) is 0.0407. The fourth-order valence-corrected chi connectivity index (χ4v) is 1.99. The summed E-state index contributed by atoms with van der Waals surface area (Å²) in [5.74, 6) is -0.867. The molecule has 0 aliphatic rings. The number of halogens is 3. The first kappa shape index (κ1) is 16.7. The molecular weight excluding hydrogens is 311 g/mol. The lowest BCUT2D eigenvalue weighted by Gasteiger charge is -2.24. The van der Waals surface area contributed by atoms with Crippen LogP contribution in [-0.2, 0) is 11.3 Å². The van der Waals surface area contributed by atoms with Crippen LogP contribution in [0, 0.1) is 6.92 Å². The Morgan fingerprint density at radius 2 is 1.83 bits per heavy atom. The number of aryl methyl sites for hydroxylation is 1. The number of anilines is 1. The van der Waals surface area contributed by atoms with Crippen molar-refractivity contribution in [1.82, 2.24) is 9.78 Å². The number of rotatable bonds is 4. The molecule has 0 fully saturated rings. The molecule has 0 aliphatic carbocycles. The van der Waals surface area contributed by atoms with Crippen molar-refractivity contribution < 1.29 is 18.0 Å². The van der Waals surface area contributed by atoms with Gasteiger partial charge in [-0.1, -0.05) is 18.2 Å². The molecule has 122 valence electrons. The van der Waals surface area contributed by atoms with Crippen molar-refractivity contribution in [2.45, 2.75) is 19.6 Å². The summed E-state index contributed by atoms with van der Waals surface area (Å²) < 4.78 is 39.1. The van der Waals surface area contributed by atoms with Crippen LogP contribution >= 0.6 is 0 Å². The Hall–Kier alpha value is -2.64. The van der Waals surface area contributed by atoms with E-state index >= 15 is 0 Å². The molecule has 2 aromatic rings. The predicted octanol–water partition coefficient (Wildman–Crippen LogP) is 2.15. The van der Waals surface area contributed by atoms with E-state index in [9.17, 15) is 22.8 Å². The molecule has 0 unspecified atom stereocenters. The lowest BCUT2D eigenvalue weighted by Crippen LogP contribution is -2.42. The van der Waals surface area contributed by atoms with Crippen LogP contribution in [0.5, 0.6) is 0 Å². The molecule has 0 spiro atoms. The number of alkyl halides is 3. The first-order valence-electron chi connectivity index (χ1n) is 6.73. The van der Waals surface area contributed by atoms with Crippen molar-refractivity contribution in [1.29, 1.82) is 0 Å². The topological polar surface area (TPSA) is 55.2 Å². The average molecular weight is 325 g/mol. The van der Waals surface area contributed by atoms with E-state index in [-0.39, 0.29) is 5.69 Å². The normalized spacial score (nSPS) is 11.3. The van der Waals surface area contributed by atoms with Crippen LogP contribution in [-0.4, -0.2) is 28.4 Å². The van der Waals surface area contributed by atoms with Gasteiger partial charge in [0, 0.05) is 11.8 Å². The molecule has 0 atom stereocenters. The number of aromatic nitrogens is 2. The monoisotopic (exact) mass is 325 g/mol. The highest BCUT2D eigenvalue weighted by Crippen LogP contribution is 2.22. The van der Waals surface area contributed by atoms with E-state index in [2.05, 4.69) is 5.10 Å². The Labute approximate surface area is 130 Å². The zero-order valence-electron chi connectivity index (χ0n) is 12.2. The second-order valence-electron chi connectivity index (χ2n) is 4.90. The summed E-state index contributed by atoms with van der Waals surface area (Å²) >= 11 is 0. The quantitative estimate of drug-likeness (QED) is 0.865. The van der Waals surface area contributed by atoms with E-state index in [1.807, 2.05) is 0 Å². The maximum absolute atomic E-state index is 12.8. The van der Waals surface area contributed by atoms with Gasteiger partial charge in [-0.2, -0.15) is 18.3 Å². The van der Waals surface area contributed by atoms with Crippen molar-refractivity contribution >= 4 is 11.6 Å². The second-order valence-corrected chi connectivity index (χ2v) is 4.90. The first-order valence-corrected chi connectivity index (χ1v) is 6.73. The summed E-state index contributed by atoms with van der Waals surface area (Å²) in [6.07, 6.45) is -4.56. The van der Waals surface area contributed by atoms with Gasteiger partial charge in [0.25, 0.3) is 5.56 Å². The van der Waals surface area contributed by atoms with Crippen molar-refractivity contribution in [3.8, 4) is 0 Å². The number of carbonyl (C=O) groups is 1. The third-order valence-electron chi connectivity index (χ3n) is 2.99. The van der Waals surface area contributed by atoms with Gasteiger partial charge < -0.3 is 4.90 Å². The molecule has 5 nitrogen and oxygen atoms in total. The van der Waals surface area contributed by atoms with Gasteiger partial charge >= 0.3 is 6.18 Å². The lowest BCUT2D eigenvalue weighted by molar-refractivity contribution is -0.133. The Bertz CT molecular complexity index is 742. The molecule has 1 aromatic heterocycles. The molecule has 0 radical (unpaired) electrons. The van der Waals surface area contributed by atoms with Gasteiger partial charge in [-0.15, -0.1) is 0 Å². The fraction of sp³-hybridized carbons (Fsp3) is 0.267. The van der Waals surface area contributed by atoms with Crippen molar-refractivity contribution in [2.24, 2.45) is 0 Å². The summed E-state index contributed by atoms with van der Waals surface area (Å²) in [5, 5.41) is 3.86. The van der Waals surface area contributed by atoms with E-state index in [1.165, 1.54) is 36.4 Å². The maximum atomic E-state index is 12.8.